The van der Waals surface area contributed by atoms with Crippen molar-refractivity contribution in [3.05, 3.63) is 61.3 Å². The summed E-state index contributed by atoms with van der Waals surface area (Å²) in [7, 11) is 3.97. The molecule has 0 fully saturated rings. The maximum atomic E-state index is 4.86. The second-order valence-electron chi connectivity index (χ2n) is 8.08. The first-order valence-electron chi connectivity index (χ1n) is 10.4. The van der Waals surface area contributed by atoms with Gasteiger partial charge in [0.25, 0.3) is 0 Å². The summed E-state index contributed by atoms with van der Waals surface area (Å²) in [5.74, 6) is 0.652. The Hall–Kier alpha value is -4.60. The Morgan fingerprint density at radius 2 is 1.82 bits per heavy atom. The van der Waals surface area contributed by atoms with E-state index in [0.717, 1.165) is 50.3 Å². The van der Waals surface area contributed by atoms with Crippen molar-refractivity contribution >= 4 is 27.6 Å². The lowest BCUT2D eigenvalue weighted by molar-refractivity contribution is 1.05. The van der Waals surface area contributed by atoms with Crippen LogP contribution in [0.3, 0.4) is 0 Å². The van der Waals surface area contributed by atoms with Crippen molar-refractivity contribution in [1.29, 1.82) is 0 Å². The van der Waals surface area contributed by atoms with Gasteiger partial charge >= 0.3 is 0 Å². The Morgan fingerprint density at radius 3 is 2.64 bits per heavy atom. The fourth-order valence-corrected chi connectivity index (χ4v) is 3.84. The van der Waals surface area contributed by atoms with Crippen molar-refractivity contribution in [2.45, 2.75) is 6.92 Å². The van der Waals surface area contributed by atoms with Crippen LogP contribution in [0.4, 0.5) is 5.69 Å². The average Bonchev–Trinajstić information content (AvgIpc) is 3.55. The Bertz CT molecular complexity index is 1620. The van der Waals surface area contributed by atoms with Gasteiger partial charge in [0.1, 0.15) is 11.2 Å². The lowest BCUT2D eigenvalue weighted by Gasteiger charge is -2.12. The van der Waals surface area contributed by atoms with Gasteiger partial charge in [0.2, 0.25) is 0 Å². The number of pyridine rings is 3. The van der Waals surface area contributed by atoms with Gasteiger partial charge in [-0.15, -0.1) is 0 Å². The van der Waals surface area contributed by atoms with Crippen LogP contribution in [0.1, 0.15) is 5.69 Å². The van der Waals surface area contributed by atoms with E-state index in [1.54, 1.807) is 24.9 Å². The Labute approximate surface area is 188 Å². The third-order valence-electron chi connectivity index (χ3n) is 5.57. The molecule has 0 spiro atoms. The third-order valence-corrected chi connectivity index (χ3v) is 5.57. The van der Waals surface area contributed by atoms with Gasteiger partial charge in [-0.25, -0.2) is 9.97 Å². The van der Waals surface area contributed by atoms with E-state index in [-0.39, 0.29) is 0 Å². The fraction of sp³-hybridized carbons (Fsp3) is 0.130. The highest BCUT2D eigenvalue weighted by molar-refractivity contribution is 5.95. The Balaban J connectivity index is 1.48. The van der Waals surface area contributed by atoms with Crippen molar-refractivity contribution < 1.29 is 0 Å². The molecule has 10 heteroatoms. The number of nitrogens with one attached hydrogen (secondary N) is 2. The number of fused-ring (bicyclic) bond motifs is 2. The molecular formula is C23H20N10. The molecule has 6 rings (SSSR count). The SMILES string of the molecule is Cc1cn(-c2cncc3[nH]c(-c4n[nH]c5cnc(-c6cncc(N(C)C)c6)cc45)nc23)cn1. The number of H-pyrrole nitrogens is 2. The smallest absolute Gasteiger partial charge is 0.159 e. The van der Waals surface area contributed by atoms with Crippen LogP contribution < -0.4 is 4.90 Å². The minimum atomic E-state index is 0.652. The molecular weight excluding hydrogens is 416 g/mol. The summed E-state index contributed by atoms with van der Waals surface area (Å²) in [6, 6.07) is 4.07. The summed E-state index contributed by atoms with van der Waals surface area (Å²) in [5, 5.41) is 8.51. The second kappa shape index (κ2) is 7.23. The summed E-state index contributed by atoms with van der Waals surface area (Å²) in [4.78, 5) is 27.9. The predicted molar refractivity (Wildman–Crippen MR) is 126 cm³/mol. The molecule has 0 bridgehead atoms. The summed E-state index contributed by atoms with van der Waals surface area (Å²) < 4.78 is 1.92. The normalized spacial score (nSPS) is 11.5. The molecule has 0 saturated carbocycles. The van der Waals surface area contributed by atoms with E-state index in [1.165, 1.54) is 0 Å². The van der Waals surface area contributed by atoms with E-state index in [0.29, 0.717) is 11.5 Å². The van der Waals surface area contributed by atoms with E-state index in [4.69, 9.17) is 4.98 Å². The van der Waals surface area contributed by atoms with E-state index >= 15 is 0 Å². The van der Waals surface area contributed by atoms with E-state index in [2.05, 4.69) is 41.2 Å². The summed E-state index contributed by atoms with van der Waals surface area (Å²) >= 11 is 0. The highest BCUT2D eigenvalue weighted by atomic mass is 15.1. The van der Waals surface area contributed by atoms with Gasteiger partial charge in [-0.2, -0.15) is 5.10 Å². The van der Waals surface area contributed by atoms with Gasteiger partial charge in [-0.05, 0) is 19.1 Å². The molecule has 0 saturated heterocycles. The van der Waals surface area contributed by atoms with Crippen molar-refractivity contribution in [3.63, 3.8) is 0 Å². The number of anilines is 1. The first kappa shape index (κ1) is 19.1. The molecule has 0 radical (unpaired) electrons. The maximum absolute atomic E-state index is 4.86. The molecule has 10 nitrogen and oxygen atoms in total. The largest absolute Gasteiger partial charge is 0.376 e. The molecule has 6 aromatic heterocycles. The molecule has 0 aliphatic heterocycles. The van der Waals surface area contributed by atoms with Crippen molar-refractivity contribution in [2.75, 3.05) is 19.0 Å². The van der Waals surface area contributed by atoms with Crippen LogP contribution >= 0.6 is 0 Å². The zero-order chi connectivity index (χ0) is 22.5. The van der Waals surface area contributed by atoms with Crippen LogP contribution in [-0.4, -0.2) is 58.8 Å². The van der Waals surface area contributed by atoms with Crippen LogP contribution in [0.25, 0.3) is 50.4 Å². The van der Waals surface area contributed by atoms with Crippen molar-refractivity contribution in [1.82, 2.24) is 44.7 Å². The number of rotatable bonds is 4. The van der Waals surface area contributed by atoms with Crippen LogP contribution in [0.2, 0.25) is 0 Å². The zero-order valence-electron chi connectivity index (χ0n) is 18.3. The minimum absolute atomic E-state index is 0.652. The summed E-state index contributed by atoms with van der Waals surface area (Å²) in [5.41, 5.74) is 7.69. The zero-order valence-corrected chi connectivity index (χ0v) is 18.3. The fourth-order valence-electron chi connectivity index (χ4n) is 3.84. The Kier molecular flexibility index (Phi) is 4.19. The van der Waals surface area contributed by atoms with Gasteiger partial charge in [0, 0.05) is 37.4 Å². The lowest BCUT2D eigenvalue weighted by Crippen LogP contribution is -2.08. The monoisotopic (exact) mass is 436 g/mol. The van der Waals surface area contributed by atoms with Crippen molar-refractivity contribution in [2.24, 2.45) is 0 Å². The molecule has 162 valence electrons. The van der Waals surface area contributed by atoms with Gasteiger partial charge in [-0.1, -0.05) is 0 Å². The number of hydrogen-bond donors (Lipinski definition) is 2. The number of aromatic nitrogens is 9. The number of aromatic amines is 2. The molecule has 0 amide bonds. The first-order chi connectivity index (χ1) is 16.1. The molecule has 0 aliphatic rings. The molecule has 0 atom stereocenters. The number of hydrogen-bond acceptors (Lipinski definition) is 7. The summed E-state index contributed by atoms with van der Waals surface area (Å²) in [6.45, 7) is 1.95. The van der Waals surface area contributed by atoms with E-state index < -0.39 is 0 Å². The van der Waals surface area contributed by atoms with E-state index in [9.17, 15) is 0 Å². The van der Waals surface area contributed by atoms with Crippen LogP contribution in [-0.2, 0) is 0 Å². The van der Waals surface area contributed by atoms with Gasteiger partial charge in [0.15, 0.2) is 5.82 Å². The second-order valence-corrected chi connectivity index (χ2v) is 8.08. The number of imidazole rings is 2. The molecule has 0 unspecified atom stereocenters. The number of nitrogens with zero attached hydrogens (tertiary/aromatic N) is 8. The van der Waals surface area contributed by atoms with Crippen LogP contribution in [0.5, 0.6) is 0 Å². The van der Waals surface area contributed by atoms with Crippen molar-refractivity contribution in [3.8, 4) is 28.5 Å². The summed E-state index contributed by atoms with van der Waals surface area (Å²) in [6.07, 6.45) is 12.7. The van der Waals surface area contributed by atoms with Gasteiger partial charge < -0.3 is 14.5 Å². The topological polar surface area (TPSA) is 117 Å². The average molecular weight is 436 g/mol. The van der Waals surface area contributed by atoms with E-state index in [1.807, 2.05) is 55.1 Å². The molecule has 6 aromatic rings. The molecule has 33 heavy (non-hydrogen) atoms. The van der Waals surface area contributed by atoms with Gasteiger partial charge in [-0.3, -0.25) is 20.1 Å². The first-order valence-corrected chi connectivity index (χ1v) is 10.4. The highest BCUT2D eigenvalue weighted by Crippen LogP contribution is 2.30. The number of aryl methyl sites for hydroxylation is 1. The molecule has 0 aromatic carbocycles. The minimum Gasteiger partial charge on any atom is -0.376 e. The van der Waals surface area contributed by atoms with Crippen LogP contribution in [0, 0.1) is 6.92 Å². The van der Waals surface area contributed by atoms with Gasteiger partial charge in [0.05, 0.1) is 64.9 Å². The lowest BCUT2D eigenvalue weighted by atomic mass is 10.1. The molecule has 0 aliphatic carbocycles. The highest BCUT2D eigenvalue weighted by Gasteiger charge is 2.17. The van der Waals surface area contributed by atoms with Crippen LogP contribution in [0.15, 0.2) is 55.6 Å². The maximum Gasteiger partial charge on any atom is 0.159 e. The molecule has 2 N–H and O–H groups in total. The predicted octanol–water partition coefficient (Wildman–Crippen LogP) is 3.52. The molecule has 6 heterocycles. The third kappa shape index (κ3) is 3.19. The quantitative estimate of drug-likeness (QED) is 0.434. The standard InChI is InChI=1S/C23H20N10/c1-13-11-33(12-27-13)20-10-25-8-19-22(20)29-23(28-19)21-16-5-17(26-9-18(16)30-31-21)14-4-15(32(2)3)7-24-6-14/h4-12H,1-3H3,(H,28,29)(H,30,31). The Morgan fingerprint density at radius 1 is 0.939 bits per heavy atom.